The van der Waals surface area contributed by atoms with Crippen LogP contribution in [0.1, 0.15) is 43.6 Å². The normalized spacial score (nSPS) is 14.3. The van der Waals surface area contributed by atoms with E-state index in [0.717, 1.165) is 24.0 Å². The highest BCUT2D eigenvalue weighted by molar-refractivity contribution is 5.93. The highest BCUT2D eigenvalue weighted by atomic mass is 16.5. The van der Waals surface area contributed by atoms with Gasteiger partial charge in [0, 0.05) is 31.8 Å². The number of nitrogens with one attached hydrogen (secondary N) is 1. The first-order valence-corrected chi connectivity index (χ1v) is 11.6. The summed E-state index contributed by atoms with van der Waals surface area (Å²) < 4.78 is 8.65. The standard InChI is InChI=1S/C24H24N10O2/c1-12(29-21-19(20(25)26-11-27-21)22-30-13(2)36-32-22)23-31-17-6-4-5-16(14-9-28-33(3)10-14)18(17)24(35)34(23)15-7-8-15/h4-6,9-12,15H,7-8H2,1-3H3,(H3,25,26,27,29). The number of hydrogen-bond acceptors (Lipinski definition) is 10. The van der Waals surface area contributed by atoms with Crippen LogP contribution in [0, 0.1) is 6.92 Å². The van der Waals surface area contributed by atoms with Crippen molar-refractivity contribution in [2.75, 3.05) is 11.1 Å². The molecule has 0 amide bonds. The predicted octanol–water partition coefficient (Wildman–Crippen LogP) is 3.04. The van der Waals surface area contributed by atoms with Crippen molar-refractivity contribution in [2.24, 2.45) is 7.05 Å². The van der Waals surface area contributed by atoms with Gasteiger partial charge < -0.3 is 15.6 Å². The third-order valence-electron chi connectivity index (χ3n) is 6.25. The van der Waals surface area contributed by atoms with Gasteiger partial charge in [0.25, 0.3) is 5.56 Å². The van der Waals surface area contributed by atoms with Crippen molar-refractivity contribution in [1.82, 2.24) is 39.4 Å². The second kappa shape index (κ2) is 8.26. The molecular weight excluding hydrogens is 460 g/mol. The summed E-state index contributed by atoms with van der Waals surface area (Å²) in [5.74, 6) is 1.94. The number of benzene rings is 1. The Hall–Kier alpha value is -4.61. The number of rotatable bonds is 6. The molecule has 6 rings (SSSR count). The molecule has 1 atom stereocenters. The molecule has 5 aromatic rings. The Morgan fingerprint density at radius 1 is 1.22 bits per heavy atom. The van der Waals surface area contributed by atoms with Crippen LogP contribution in [0.15, 0.2) is 46.2 Å². The van der Waals surface area contributed by atoms with Gasteiger partial charge in [-0.25, -0.2) is 15.0 Å². The topological polar surface area (TPSA) is 155 Å². The van der Waals surface area contributed by atoms with E-state index in [4.69, 9.17) is 15.2 Å². The maximum Gasteiger partial charge on any atom is 0.262 e. The molecule has 1 aromatic carbocycles. The first-order chi connectivity index (χ1) is 17.4. The monoisotopic (exact) mass is 484 g/mol. The number of anilines is 2. The van der Waals surface area contributed by atoms with Crippen molar-refractivity contribution in [3.8, 4) is 22.5 Å². The fourth-order valence-electron chi connectivity index (χ4n) is 4.45. The van der Waals surface area contributed by atoms with Gasteiger partial charge in [0.15, 0.2) is 0 Å². The van der Waals surface area contributed by atoms with Crippen molar-refractivity contribution in [3.05, 3.63) is 59.0 Å². The van der Waals surface area contributed by atoms with Crippen molar-refractivity contribution in [3.63, 3.8) is 0 Å². The highest BCUT2D eigenvalue weighted by Gasteiger charge is 2.31. The molecule has 4 heterocycles. The Morgan fingerprint density at radius 2 is 2.06 bits per heavy atom. The van der Waals surface area contributed by atoms with Crippen molar-refractivity contribution in [1.29, 1.82) is 0 Å². The lowest BCUT2D eigenvalue weighted by atomic mass is 10.0. The van der Waals surface area contributed by atoms with Crippen molar-refractivity contribution in [2.45, 2.75) is 38.8 Å². The van der Waals surface area contributed by atoms with Gasteiger partial charge in [0.05, 0.1) is 23.1 Å². The number of nitrogens with zero attached hydrogens (tertiary/aromatic N) is 8. The van der Waals surface area contributed by atoms with E-state index in [1.54, 1.807) is 17.8 Å². The molecule has 0 saturated heterocycles. The Balaban J connectivity index is 1.47. The summed E-state index contributed by atoms with van der Waals surface area (Å²) in [5, 5.41) is 12.2. The molecule has 0 bridgehead atoms. The summed E-state index contributed by atoms with van der Waals surface area (Å²) in [4.78, 5) is 31.6. The molecule has 1 saturated carbocycles. The molecule has 1 aliphatic carbocycles. The summed E-state index contributed by atoms with van der Waals surface area (Å²) in [6.45, 7) is 3.63. The molecule has 0 radical (unpaired) electrons. The fourth-order valence-corrected chi connectivity index (χ4v) is 4.45. The van der Waals surface area contributed by atoms with Gasteiger partial charge >= 0.3 is 0 Å². The van der Waals surface area contributed by atoms with E-state index in [1.165, 1.54) is 6.33 Å². The minimum atomic E-state index is -0.384. The fraction of sp³-hybridized carbons (Fsp3) is 0.292. The lowest BCUT2D eigenvalue weighted by molar-refractivity contribution is 0.394. The van der Waals surface area contributed by atoms with E-state index in [-0.39, 0.29) is 29.3 Å². The smallest absolute Gasteiger partial charge is 0.262 e. The first kappa shape index (κ1) is 21.9. The molecule has 182 valence electrons. The Bertz CT molecular complexity index is 1660. The molecular formula is C24H24N10O2. The van der Waals surface area contributed by atoms with Crippen LogP contribution in [0.5, 0.6) is 0 Å². The molecule has 0 aliphatic heterocycles. The van der Waals surface area contributed by atoms with Crippen LogP contribution in [-0.2, 0) is 7.05 Å². The molecule has 3 N–H and O–H groups in total. The third kappa shape index (κ3) is 3.67. The number of fused-ring (bicyclic) bond motifs is 1. The lowest BCUT2D eigenvalue weighted by Crippen LogP contribution is -2.28. The molecule has 0 spiro atoms. The van der Waals surface area contributed by atoms with E-state index < -0.39 is 0 Å². The largest absolute Gasteiger partial charge is 0.383 e. The summed E-state index contributed by atoms with van der Waals surface area (Å²) in [7, 11) is 1.85. The number of hydrogen-bond donors (Lipinski definition) is 2. The molecule has 1 aliphatic rings. The quantitative estimate of drug-likeness (QED) is 0.367. The molecule has 12 nitrogen and oxygen atoms in total. The molecule has 36 heavy (non-hydrogen) atoms. The van der Waals surface area contributed by atoms with Gasteiger partial charge in [-0.3, -0.25) is 14.0 Å². The van der Waals surface area contributed by atoms with Crippen molar-refractivity contribution < 1.29 is 4.52 Å². The zero-order chi connectivity index (χ0) is 25.0. The Morgan fingerprint density at radius 3 is 2.75 bits per heavy atom. The minimum absolute atomic E-state index is 0.0678. The van der Waals surface area contributed by atoms with Crippen molar-refractivity contribution >= 4 is 22.5 Å². The maximum atomic E-state index is 13.9. The molecule has 1 unspecified atom stereocenters. The Labute approximate surface area is 205 Å². The zero-order valence-electron chi connectivity index (χ0n) is 20.0. The SMILES string of the molecule is Cc1nc(-c2c(N)ncnc2NC(C)c2nc3cccc(-c4cnn(C)c4)c3c(=O)n2C2CC2)no1. The Kier molecular flexibility index (Phi) is 5.02. The van der Waals surface area contributed by atoms with Crippen LogP contribution in [0.25, 0.3) is 33.4 Å². The first-order valence-electron chi connectivity index (χ1n) is 11.6. The van der Waals surface area contributed by atoms with Crippen LogP contribution < -0.4 is 16.6 Å². The second-order valence-electron chi connectivity index (χ2n) is 8.96. The summed E-state index contributed by atoms with van der Waals surface area (Å²) in [5.41, 5.74) is 8.83. The number of nitrogens with two attached hydrogens (primary N) is 1. The third-order valence-corrected chi connectivity index (χ3v) is 6.25. The number of aromatic nitrogens is 8. The van der Waals surface area contributed by atoms with Crippen LogP contribution in [-0.4, -0.2) is 39.4 Å². The van der Waals surface area contributed by atoms with Gasteiger partial charge in [0.1, 0.15) is 29.4 Å². The second-order valence-corrected chi connectivity index (χ2v) is 8.96. The molecule has 4 aromatic heterocycles. The summed E-state index contributed by atoms with van der Waals surface area (Å²) >= 11 is 0. The number of aryl methyl sites for hydroxylation is 2. The minimum Gasteiger partial charge on any atom is -0.383 e. The highest BCUT2D eigenvalue weighted by Crippen LogP contribution is 2.38. The maximum absolute atomic E-state index is 13.9. The van der Waals surface area contributed by atoms with E-state index in [0.29, 0.717) is 34.0 Å². The van der Waals surface area contributed by atoms with Gasteiger partial charge in [-0.05, 0) is 31.4 Å². The van der Waals surface area contributed by atoms with Gasteiger partial charge in [-0.1, -0.05) is 17.3 Å². The van der Waals surface area contributed by atoms with E-state index in [9.17, 15) is 4.79 Å². The molecule has 1 fully saturated rings. The van der Waals surface area contributed by atoms with Crippen LogP contribution in [0.3, 0.4) is 0 Å². The molecule has 12 heteroatoms. The number of nitrogen functional groups attached to an aromatic ring is 1. The summed E-state index contributed by atoms with van der Waals surface area (Å²) in [6.07, 6.45) is 6.87. The van der Waals surface area contributed by atoms with E-state index in [1.807, 2.05) is 42.9 Å². The summed E-state index contributed by atoms with van der Waals surface area (Å²) in [6, 6.07) is 5.42. The van der Waals surface area contributed by atoms with Gasteiger partial charge in [-0.2, -0.15) is 10.1 Å². The van der Waals surface area contributed by atoms with Gasteiger partial charge in [0.2, 0.25) is 11.7 Å². The predicted molar refractivity (Wildman–Crippen MR) is 133 cm³/mol. The average molecular weight is 485 g/mol. The zero-order valence-corrected chi connectivity index (χ0v) is 20.0. The average Bonchev–Trinajstić information content (AvgIpc) is 3.45. The van der Waals surface area contributed by atoms with E-state index in [2.05, 4.69) is 30.5 Å². The van der Waals surface area contributed by atoms with Crippen LogP contribution in [0.4, 0.5) is 11.6 Å². The van der Waals surface area contributed by atoms with Crippen LogP contribution in [0.2, 0.25) is 0 Å². The van der Waals surface area contributed by atoms with Gasteiger partial charge in [-0.15, -0.1) is 0 Å². The lowest BCUT2D eigenvalue weighted by Gasteiger charge is -2.21. The van der Waals surface area contributed by atoms with E-state index >= 15 is 0 Å². The van der Waals surface area contributed by atoms with Crippen LogP contribution >= 0.6 is 0 Å².